The third-order valence-electron chi connectivity index (χ3n) is 0.843. The number of hydrogen-bond acceptors (Lipinski definition) is 5. The number of hydrogen-bond donors (Lipinski definition) is 0. The monoisotopic (exact) mass is 190 g/mol. The predicted molar refractivity (Wildman–Crippen MR) is 33.8 cm³/mol. The lowest BCUT2D eigenvalue weighted by molar-refractivity contribution is -0.304. The number of rotatable bonds is 4. The molecule has 0 aromatic carbocycles. The van der Waals surface area contributed by atoms with Crippen molar-refractivity contribution < 1.29 is 24.6 Å². The second-order valence-electron chi connectivity index (χ2n) is 1.73. The zero-order chi connectivity index (χ0) is 9.72. The molecule has 66 valence electrons. The lowest BCUT2D eigenvalue weighted by atomic mass is 10.3. The first kappa shape index (κ1) is 10.6. The van der Waals surface area contributed by atoms with Gasteiger partial charge in [0.25, 0.3) is 0 Å². The van der Waals surface area contributed by atoms with Gasteiger partial charge in [0.15, 0.2) is 0 Å². The van der Waals surface area contributed by atoms with E-state index in [9.17, 15) is 24.6 Å². The Balaban J connectivity index is 4.16. The molecule has 0 aromatic heterocycles. The van der Waals surface area contributed by atoms with E-state index in [0.717, 1.165) is 0 Å². The largest absolute Gasteiger partial charge is 0.548 e. The second-order valence-corrected chi connectivity index (χ2v) is 2.20. The van der Waals surface area contributed by atoms with Crippen molar-refractivity contribution in [2.75, 3.05) is 0 Å². The highest BCUT2D eigenvalue weighted by atomic mass is 35.5. The van der Waals surface area contributed by atoms with Crippen LogP contribution in [0.3, 0.4) is 0 Å². The number of halogens is 1. The summed E-state index contributed by atoms with van der Waals surface area (Å²) in [7, 11) is 0. The Bertz CT molecular complexity index is 244. The normalized spacial score (nSPS) is 12.8. The molecule has 0 heterocycles. The summed E-state index contributed by atoms with van der Waals surface area (Å²) in [6.45, 7) is 0. The van der Waals surface area contributed by atoms with Crippen LogP contribution in [0.1, 0.15) is 0 Å². The highest BCUT2D eigenvalue weighted by Gasteiger charge is 2.01. The summed E-state index contributed by atoms with van der Waals surface area (Å²) in [4.78, 5) is 29.9. The van der Waals surface area contributed by atoms with Crippen LogP contribution < -0.4 is 10.2 Å². The van der Waals surface area contributed by atoms with Crippen LogP contribution in [0.25, 0.3) is 0 Å². The number of alkyl halides is 1. The number of carbonyl (C=O) groups is 3. The fourth-order valence-electron chi connectivity index (χ4n) is 0.318. The summed E-state index contributed by atoms with van der Waals surface area (Å²) < 4.78 is 0. The molecule has 0 spiro atoms. The van der Waals surface area contributed by atoms with Crippen molar-refractivity contribution in [2.24, 2.45) is 0 Å². The quantitative estimate of drug-likeness (QED) is 0.271. The molecular formula is C6H3ClO5-2. The van der Waals surface area contributed by atoms with Gasteiger partial charge in [0, 0.05) is 0 Å². The molecule has 0 bridgehead atoms. The van der Waals surface area contributed by atoms with Gasteiger partial charge in [-0.1, -0.05) is 6.08 Å². The molecule has 0 fully saturated rings. The van der Waals surface area contributed by atoms with E-state index >= 15 is 0 Å². The van der Waals surface area contributed by atoms with Crippen molar-refractivity contribution in [3.8, 4) is 0 Å². The Kier molecular flexibility index (Phi) is 3.99. The second kappa shape index (κ2) is 4.50. The summed E-state index contributed by atoms with van der Waals surface area (Å²) in [6.07, 6.45) is 1.19. The van der Waals surface area contributed by atoms with Crippen molar-refractivity contribution >= 4 is 29.3 Å². The first-order valence-electron chi connectivity index (χ1n) is 2.73. The molecule has 0 saturated heterocycles. The first-order chi connectivity index (χ1) is 5.45. The summed E-state index contributed by atoms with van der Waals surface area (Å²) in [5, 5.41) is 18.2. The minimum Gasteiger partial charge on any atom is -0.548 e. The predicted octanol–water partition coefficient (Wildman–Crippen LogP) is -2.78. The molecule has 5 nitrogen and oxygen atoms in total. The van der Waals surface area contributed by atoms with Gasteiger partial charge >= 0.3 is 0 Å². The van der Waals surface area contributed by atoms with Gasteiger partial charge in [0.2, 0.25) is 5.78 Å². The smallest absolute Gasteiger partial charge is 0.200 e. The average Bonchev–Trinajstić information content (AvgIpc) is 1.98. The average molecular weight is 191 g/mol. The molecule has 0 aromatic rings. The summed E-state index contributed by atoms with van der Waals surface area (Å²) in [6, 6.07) is 0. The van der Waals surface area contributed by atoms with E-state index in [1.807, 2.05) is 0 Å². The molecule has 0 aliphatic rings. The van der Waals surface area contributed by atoms with Gasteiger partial charge in [-0.25, -0.2) is 0 Å². The third kappa shape index (κ3) is 3.72. The van der Waals surface area contributed by atoms with Crippen molar-refractivity contribution in [1.29, 1.82) is 0 Å². The van der Waals surface area contributed by atoms with Crippen LogP contribution in [0.4, 0.5) is 0 Å². The Hall–Kier alpha value is -1.36. The van der Waals surface area contributed by atoms with Crippen molar-refractivity contribution in [2.45, 2.75) is 5.38 Å². The van der Waals surface area contributed by atoms with Gasteiger partial charge in [-0.3, -0.25) is 4.79 Å². The van der Waals surface area contributed by atoms with E-state index in [2.05, 4.69) is 0 Å². The van der Waals surface area contributed by atoms with Crippen LogP contribution in [0, 0.1) is 0 Å². The topological polar surface area (TPSA) is 97.3 Å². The van der Waals surface area contributed by atoms with Crippen LogP contribution >= 0.6 is 11.6 Å². The Labute approximate surface area is 72.3 Å². The number of aliphatic carboxylic acids is 2. The minimum absolute atomic E-state index is 0.503. The molecular weight excluding hydrogens is 188 g/mol. The minimum atomic E-state index is -1.92. The molecule has 0 radical (unpaired) electrons. The maximum absolute atomic E-state index is 10.2. The van der Waals surface area contributed by atoms with Crippen molar-refractivity contribution in [1.82, 2.24) is 0 Å². The van der Waals surface area contributed by atoms with Gasteiger partial charge in [-0.2, -0.15) is 0 Å². The highest BCUT2D eigenvalue weighted by molar-refractivity contribution is 6.37. The van der Waals surface area contributed by atoms with Crippen LogP contribution in [-0.4, -0.2) is 23.1 Å². The maximum Gasteiger partial charge on any atom is 0.200 e. The summed E-state index contributed by atoms with van der Waals surface area (Å²) >= 11 is 5.05. The van der Waals surface area contributed by atoms with E-state index in [1.165, 1.54) is 0 Å². The molecule has 6 heteroatoms. The Morgan fingerprint density at radius 1 is 1.25 bits per heavy atom. The number of ketones is 1. The Morgan fingerprint density at radius 3 is 2.08 bits per heavy atom. The molecule has 12 heavy (non-hydrogen) atoms. The maximum atomic E-state index is 10.2. The van der Waals surface area contributed by atoms with E-state index in [1.54, 1.807) is 0 Å². The standard InChI is InChI=1S/C6H5ClO5/c7-3(5(9)10)1-2-4(8)6(11)12/h1-3H,(H,9,10)(H,11,12)/p-2/b2-1-. The molecule has 0 amide bonds. The summed E-state index contributed by atoms with van der Waals surface area (Å²) in [5.74, 6) is -4.88. The van der Waals surface area contributed by atoms with E-state index in [0.29, 0.717) is 12.2 Å². The number of carbonyl (C=O) groups excluding carboxylic acids is 3. The SMILES string of the molecule is O=C([O-])C(=O)/C=C\C(Cl)C(=O)[O-]. The van der Waals surface area contributed by atoms with Crippen LogP contribution in [0.2, 0.25) is 0 Å². The van der Waals surface area contributed by atoms with Crippen molar-refractivity contribution in [3.05, 3.63) is 12.2 Å². The number of carboxylic acid groups (broad SMARTS) is 2. The summed E-state index contributed by atoms with van der Waals surface area (Å²) in [5.41, 5.74) is 0. The van der Waals surface area contributed by atoms with Gasteiger partial charge in [-0.15, -0.1) is 11.6 Å². The highest BCUT2D eigenvalue weighted by Crippen LogP contribution is 1.95. The molecule has 1 atom stereocenters. The first-order valence-corrected chi connectivity index (χ1v) is 3.17. The zero-order valence-electron chi connectivity index (χ0n) is 5.65. The van der Waals surface area contributed by atoms with Gasteiger partial charge in [0.1, 0.15) is 5.97 Å². The lowest BCUT2D eigenvalue weighted by Crippen LogP contribution is -2.32. The van der Waals surface area contributed by atoms with Crippen molar-refractivity contribution in [3.63, 3.8) is 0 Å². The molecule has 0 N–H and O–H groups in total. The van der Waals surface area contributed by atoms with Crippen LogP contribution in [0.5, 0.6) is 0 Å². The Morgan fingerprint density at radius 2 is 1.75 bits per heavy atom. The zero-order valence-corrected chi connectivity index (χ0v) is 6.41. The fourth-order valence-corrected chi connectivity index (χ4v) is 0.391. The molecule has 0 aliphatic carbocycles. The van der Waals surface area contributed by atoms with Crippen LogP contribution in [0.15, 0.2) is 12.2 Å². The van der Waals surface area contributed by atoms with Gasteiger partial charge in [-0.05, 0) is 6.08 Å². The molecule has 0 aliphatic heterocycles. The third-order valence-corrected chi connectivity index (χ3v) is 1.17. The van der Waals surface area contributed by atoms with E-state index in [4.69, 9.17) is 11.6 Å². The number of carboxylic acids is 2. The van der Waals surface area contributed by atoms with Gasteiger partial charge in [0.05, 0.1) is 11.3 Å². The van der Waals surface area contributed by atoms with E-state index in [-0.39, 0.29) is 0 Å². The molecule has 0 saturated carbocycles. The van der Waals surface area contributed by atoms with Gasteiger partial charge < -0.3 is 19.8 Å². The molecule has 0 rings (SSSR count). The van der Waals surface area contributed by atoms with E-state index < -0.39 is 23.1 Å². The lowest BCUT2D eigenvalue weighted by Gasteiger charge is -2.03. The van der Waals surface area contributed by atoms with Crippen LogP contribution in [-0.2, 0) is 14.4 Å². The fraction of sp³-hybridized carbons (Fsp3) is 0.167. The molecule has 1 unspecified atom stereocenters.